The molecular weight excluding hydrogens is 611 g/mol. The van der Waals surface area contributed by atoms with Crippen LogP contribution in [-0.4, -0.2) is 9.13 Å². The molecule has 0 atom stereocenters. The van der Waals surface area contributed by atoms with Crippen molar-refractivity contribution in [2.75, 3.05) is 0 Å². The first kappa shape index (κ1) is 28.8. The molecule has 5 heteroatoms. The summed E-state index contributed by atoms with van der Waals surface area (Å²) in [5, 5.41) is 34.3. The standard InChI is InChI=1S/C45H25N5/c46-26-29-18-23-42-39(24-29)37-13-2-3-15-40(37)49(42)35-21-19-30(20-22-35)31-8-5-9-32(25-31)44-33(27-47)10-7-17-43(44)50-41-16-4-1-12-36(41)38-14-6-11-34(28-48)45(38)50/h1-25H. The molecule has 2 aromatic heterocycles. The average Bonchev–Trinajstić information content (AvgIpc) is 3.70. The van der Waals surface area contributed by atoms with Crippen LogP contribution in [-0.2, 0) is 0 Å². The number of aromatic nitrogens is 2. The van der Waals surface area contributed by atoms with Gasteiger partial charge in [-0.25, -0.2) is 0 Å². The molecule has 0 amide bonds. The van der Waals surface area contributed by atoms with Crippen LogP contribution < -0.4 is 0 Å². The molecule has 7 aromatic carbocycles. The fourth-order valence-corrected chi connectivity index (χ4v) is 7.46. The maximum Gasteiger partial charge on any atom is 0.101 e. The number of nitriles is 3. The summed E-state index contributed by atoms with van der Waals surface area (Å²) in [6.45, 7) is 0. The molecule has 0 saturated heterocycles. The van der Waals surface area contributed by atoms with Crippen LogP contribution in [0, 0.1) is 34.0 Å². The Balaban J connectivity index is 1.19. The molecule has 2 heterocycles. The van der Waals surface area contributed by atoms with E-state index >= 15 is 0 Å². The first-order valence-electron chi connectivity index (χ1n) is 16.3. The molecule has 0 spiro atoms. The number of hydrogen-bond donors (Lipinski definition) is 0. The van der Waals surface area contributed by atoms with Crippen LogP contribution in [0.3, 0.4) is 0 Å². The second-order valence-corrected chi connectivity index (χ2v) is 12.3. The number of benzene rings is 7. The van der Waals surface area contributed by atoms with Crippen molar-refractivity contribution < 1.29 is 0 Å². The average molecular weight is 636 g/mol. The molecule has 9 aromatic rings. The summed E-state index contributed by atoms with van der Waals surface area (Å²) in [7, 11) is 0. The van der Waals surface area contributed by atoms with Gasteiger partial charge in [-0.3, -0.25) is 0 Å². The molecule has 50 heavy (non-hydrogen) atoms. The summed E-state index contributed by atoms with van der Waals surface area (Å²) in [5.74, 6) is 0. The van der Waals surface area contributed by atoms with Crippen LogP contribution in [0.4, 0.5) is 0 Å². The van der Waals surface area contributed by atoms with Crippen LogP contribution in [0.2, 0.25) is 0 Å². The Kier molecular flexibility index (Phi) is 6.56. The zero-order valence-electron chi connectivity index (χ0n) is 26.7. The predicted octanol–water partition coefficient (Wildman–Crippen LogP) is 10.8. The lowest BCUT2D eigenvalue weighted by Crippen LogP contribution is -2.00. The first-order valence-corrected chi connectivity index (χ1v) is 16.3. The van der Waals surface area contributed by atoms with Crippen LogP contribution in [0.15, 0.2) is 152 Å². The number of nitrogens with zero attached hydrogens (tertiary/aromatic N) is 5. The van der Waals surface area contributed by atoms with Gasteiger partial charge in [0.25, 0.3) is 0 Å². The lowest BCUT2D eigenvalue weighted by Gasteiger charge is -2.17. The maximum absolute atomic E-state index is 10.4. The summed E-state index contributed by atoms with van der Waals surface area (Å²) in [4.78, 5) is 0. The molecule has 0 radical (unpaired) electrons. The Morgan fingerprint density at radius 2 is 1.02 bits per heavy atom. The number of hydrogen-bond acceptors (Lipinski definition) is 3. The molecule has 5 nitrogen and oxygen atoms in total. The molecule has 0 bridgehead atoms. The second kappa shape index (κ2) is 11.4. The van der Waals surface area contributed by atoms with Gasteiger partial charge in [0, 0.05) is 32.8 Å². The number of fused-ring (bicyclic) bond motifs is 6. The molecule has 0 aliphatic carbocycles. The van der Waals surface area contributed by atoms with Gasteiger partial charge >= 0.3 is 0 Å². The van der Waals surface area contributed by atoms with Crippen LogP contribution >= 0.6 is 0 Å². The zero-order chi connectivity index (χ0) is 33.8. The van der Waals surface area contributed by atoms with Crippen molar-refractivity contribution in [1.82, 2.24) is 9.13 Å². The Hall–Kier alpha value is -7.39. The van der Waals surface area contributed by atoms with E-state index in [1.165, 1.54) is 0 Å². The molecule has 9 rings (SSSR count). The largest absolute Gasteiger partial charge is 0.309 e. The van der Waals surface area contributed by atoms with Gasteiger partial charge in [-0.15, -0.1) is 0 Å². The molecule has 0 unspecified atom stereocenters. The summed E-state index contributed by atoms with van der Waals surface area (Å²) in [6.07, 6.45) is 0. The highest BCUT2D eigenvalue weighted by atomic mass is 15.0. The van der Waals surface area contributed by atoms with Crippen molar-refractivity contribution >= 4 is 43.6 Å². The van der Waals surface area contributed by atoms with E-state index in [1.807, 2.05) is 84.9 Å². The van der Waals surface area contributed by atoms with Crippen molar-refractivity contribution in [2.24, 2.45) is 0 Å². The van der Waals surface area contributed by atoms with Gasteiger partial charge in [0.05, 0.1) is 56.6 Å². The normalized spacial score (nSPS) is 11.1. The highest BCUT2D eigenvalue weighted by Crippen LogP contribution is 2.40. The van der Waals surface area contributed by atoms with E-state index in [-0.39, 0.29) is 0 Å². The zero-order valence-corrected chi connectivity index (χ0v) is 26.7. The van der Waals surface area contributed by atoms with E-state index in [1.54, 1.807) is 0 Å². The molecule has 0 saturated carbocycles. The summed E-state index contributed by atoms with van der Waals surface area (Å²) >= 11 is 0. The van der Waals surface area contributed by atoms with E-state index in [0.717, 1.165) is 77.2 Å². The van der Waals surface area contributed by atoms with E-state index in [2.05, 4.69) is 94.1 Å². The third-order valence-electron chi connectivity index (χ3n) is 9.63. The maximum atomic E-state index is 10.4. The quantitative estimate of drug-likeness (QED) is 0.193. The minimum absolute atomic E-state index is 0.557. The molecule has 0 N–H and O–H groups in total. The minimum atomic E-state index is 0.557. The third-order valence-corrected chi connectivity index (χ3v) is 9.63. The third kappa shape index (κ3) is 4.31. The van der Waals surface area contributed by atoms with Crippen molar-refractivity contribution in [3.8, 4) is 51.8 Å². The topological polar surface area (TPSA) is 81.2 Å². The molecule has 230 valence electrons. The van der Waals surface area contributed by atoms with Gasteiger partial charge in [0.2, 0.25) is 0 Å². The molecule has 0 aliphatic rings. The fourth-order valence-electron chi connectivity index (χ4n) is 7.46. The highest BCUT2D eigenvalue weighted by Gasteiger charge is 2.20. The van der Waals surface area contributed by atoms with E-state index in [4.69, 9.17) is 0 Å². The Morgan fingerprint density at radius 3 is 1.78 bits per heavy atom. The van der Waals surface area contributed by atoms with Gasteiger partial charge in [-0.05, 0) is 83.4 Å². The molecule has 0 aliphatic heterocycles. The second-order valence-electron chi connectivity index (χ2n) is 12.3. The van der Waals surface area contributed by atoms with Crippen molar-refractivity contribution in [1.29, 1.82) is 15.8 Å². The van der Waals surface area contributed by atoms with Crippen molar-refractivity contribution in [2.45, 2.75) is 0 Å². The SMILES string of the molecule is N#Cc1ccc2c(c1)c1ccccc1n2-c1ccc(-c2cccc(-c3c(C#N)cccc3-n3c4ccccc4c4cccc(C#N)c43)c2)cc1. The Bertz CT molecular complexity index is 2960. The Labute approximate surface area is 287 Å². The van der Waals surface area contributed by atoms with Gasteiger partial charge < -0.3 is 9.13 Å². The lowest BCUT2D eigenvalue weighted by molar-refractivity contribution is 1.17. The lowest BCUT2D eigenvalue weighted by atomic mass is 9.94. The Morgan fingerprint density at radius 1 is 0.400 bits per heavy atom. The van der Waals surface area contributed by atoms with Crippen molar-refractivity contribution in [3.05, 3.63) is 168 Å². The molecular formula is C45H25N5. The first-order chi connectivity index (χ1) is 24.7. The van der Waals surface area contributed by atoms with Gasteiger partial charge in [-0.1, -0.05) is 84.9 Å². The highest BCUT2D eigenvalue weighted by molar-refractivity contribution is 6.12. The monoisotopic (exact) mass is 635 g/mol. The van der Waals surface area contributed by atoms with Gasteiger partial charge in [-0.2, -0.15) is 15.8 Å². The smallest absolute Gasteiger partial charge is 0.101 e. The van der Waals surface area contributed by atoms with Crippen LogP contribution in [0.5, 0.6) is 0 Å². The van der Waals surface area contributed by atoms with Gasteiger partial charge in [0.1, 0.15) is 6.07 Å². The summed E-state index contributed by atoms with van der Waals surface area (Å²) in [5.41, 5.74) is 11.4. The van der Waals surface area contributed by atoms with E-state index < -0.39 is 0 Å². The van der Waals surface area contributed by atoms with E-state index in [9.17, 15) is 15.8 Å². The van der Waals surface area contributed by atoms with Crippen LogP contribution in [0.1, 0.15) is 16.7 Å². The predicted molar refractivity (Wildman–Crippen MR) is 200 cm³/mol. The van der Waals surface area contributed by atoms with Crippen molar-refractivity contribution in [3.63, 3.8) is 0 Å². The van der Waals surface area contributed by atoms with Gasteiger partial charge in [0.15, 0.2) is 0 Å². The summed E-state index contributed by atoms with van der Waals surface area (Å²) < 4.78 is 4.37. The van der Waals surface area contributed by atoms with E-state index in [0.29, 0.717) is 16.7 Å². The minimum Gasteiger partial charge on any atom is -0.309 e. The summed E-state index contributed by atoms with van der Waals surface area (Å²) in [6, 6.07) is 57.8. The fraction of sp³-hybridized carbons (Fsp3) is 0. The number of para-hydroxylation sites is 3. The van der Waals surface area contributed by atoms with Crippen LogP contribution in [0.25, 0.3) is 77.2 Å². The molecule has 0 fully saturated rings. The number of rotatable bonds is 4.